The van der Waals surface area contributed by atoms with Crippen molar-refractivity contribution in [1.82, 2.24) is 5.32 Å². The van der Waals surface area contributed by atoms with Gasteiger partial charge in [-0.2, -0.15) is 0 Å². The maximum absolute atomic E-state index is 10.8. The molecule has 21 heavy (non-hydrogen) atoms. The summed E-state index contributed by atoms with van der Waals surface area (Å²) in [5.41, 5.74) is 1.07. The van der Waals surface area contributed by atoms with Crippen LogP contribution >= 0.6 is 11.6 Å². The number of aliphatic hydroxyl groups is 1. The van der Waals surface area contributed by atoms with Gasteiger partial charge >= 0.3 is 0 Å². The van der Waals surface area contributed by atoms with Gasteiger partial charge < -0.3 is 10.4 Å². The summed E-state index contributed by atoms with van der Waals surface area (Å²) in [5.74, 6) is 0. The first kappa shape index (κ1) is 16.8. The molecule has 1 aliphatic rings. The highest BCUT2D eigenvalue weighted by atomic mass is 35.5. The molecule has 1 aromatic rings. The quantitative estimate of drug-likeness (QED) is 0.825. The number of rotatable bonds is 5. The van der Waals surface area contributed by atoms with Crippen LogP contribution in [0.5, 0.6) is 0 Å². The van der Waals surface area contributed by atoms with Crippen molar-refractivity contribution in [2.24, 2.45) is 5.41 Å². The summed E-state index contributed by atoms with van der Waals surface area (Å²) in [6.07, 6.45) is 4.99. The van der Waals surface area contributed by atoms with E-state index in [1.54, 1.807) is 0 Å². The van der Waals surface area contributed by atoms with Gasteiger partial charge in [-0.25, -0.2) is 0 Å². The van der Waals surface area contributed by atoms with Crippen LogP contribution in [-0.4, -0.2) is 17.3 Å². The topological polar surface area (TPSA) is 32.3 Å². The summed E-state index contributed by atoms with van der Waals surface area (Å²) in [6.45, 7) is 7.43. The molecule has 1 saturated carbocycles. The summed E-state index contributed by atoms with van der Waals surface area (Å²) < 4.78 is 0. The lowest BCUT2D eigenvalue weighted by Crippen LogP contribution is -2.45. The first-order chi connectivity index (χ1) is 9.84. The van der Waals surface area contributed by atoms with Gasteiger partial charge in [0, 0.05) is 17.6 Å². The number of hydrogen-bond donors (Lipinski definition) is 2. The Balaban J connectivity index is 1.92. The lowest BCUT2D eigenvalue weighted by molar-refractivity contribution is -0.0262. The van der Waals surface area contributed by atoms with E-state index in [2.05, 4.69) is 38.2 Å². The molecule has 1 aromatic carbocycles. The zero-order chi connectivity index (χ0) is 15.5. The predicted molar refractivity (Wildman–Crippen MR) is 89.7 cm³/mol. The molecule has 0 saturated heterocycles. The molecule has 0 amide bonds. The smallest absolute Gasteiger partial charge is 0.0772 e. The van der Waals surface area contributed by atoms with E-state index in [4.69, 9.17) is 11.6 Å². The Morgan fingerprint density at radius 2 is 1.71 bits per heavy atom. The molecule has 0 aliphatic heterocycles. The third-order valence-electron chi connectivity index (χ3n) is 4.89. The molecular weight excluding hydrogens is 282 g/mol. The molecule has 1 aliphatic carbocycles. The minimum absolute atomic E-state index is 0.279. The average molecular weight is 310 g/mol. The monoisotopic (exact) mass is 309 g/mol. The average Bonchev–Trinajstić information content (AvgIpc) is 2.45. The Labute approximate surface area is 133 Å². The molecule has 2 rings (SSSR count). The van der Waals surface area contributed by atoms with Gasteiger partial charge in [-0.3, -0.25) is 0 Å². The van der Waals surface area contributed by atoms with Crippen molar-refractivity contribution in [3.05, 3.63) is 34.9 Å². The van der Waals surface area contributed by atoms with Crippen molar-refractivity contribution in [3.63, 3.8) is 0 Å². The minimum atomic E-state index is -0.546. The zero-order valence-corrected chi connectivity index (χ0v) is 14.2. The van der Waals surface area contributed by atoms with Gasteiger partial charge in [0.25, 0.3) is 0 Å². The van der Waals surface area contributed by atoms with E-state index in [0.717, 1.165) is 37.1 Å². The summed E-state index contributed by atoms with van der Waals surface area (Å²) in [4.78, 5) is 0. The van der Waals surface area contributed by atoms with Crippen LogP contribution in [0, 0.1) is 5.41 Å². The SMILES string of the molecule is CCC(NCC1(O)CCC(C)(C)CC1)c1ccc(Cl)cc1. The molecule has 2 N–H and O–H groups in total. The van der Waals surface area contributed by atoms with Crippen LogP contribution in [0.1, 0.15) is 64.5 Å². The Morgan fingerprint density at radius 3 is 2.24 bits per heavy atom. The van der Waals surface area contributed by atoms with Crippen molar-refractivity contribution in [1.29, 1.82) is 0 Å². The van der Waals surface area contributed by atoms with Crippen molar-refractivity contribution in [2.45, 2.75) is 64.5 Å². The summed E-state index contributed by atoms with van der Waals surface area (Å²) >= 11 is 5.95. The molecule has 0 bridgehead atoms. The third-order valence-corrected chi connectivity index (χ3v) is 5.14. The van der Waals surface area contributed by atoms with E-state index in [-0.39, 0.29) is 6.04 Å². The summed E-state index contributed by atoms with van der Waals surface area (Å²) in [7, 11) is 0. The minimum Gasteiger partial charge on any atom is -0.389 e. The van der Waals surface area contributed by atoms with Gasteiger partial charge in [0.15, 0.2) is 0 Å². The second kappa shape index (κ2) is 6.68. The van der Waals surface area contributed by atoms with Crippen molar-refractivity contribution in [2.75, 3.05) is 6.54 Å². The lowest BCUT2D eigenvalue weighted by atomic mass is 9.71. The maximum atomic E-state index is 10.8. The highest BCUT2D eigenvalue weighted by Crippen LogP contribution is 2.40. The van der Waals surface area contributed by atoms with Crippen LogP contribution in [0.4, 0.5) is 0 Å². The molecule has 0 heterocycles. The van der Waals surface area contributed by atoms with E-state index in [0.29, 0.717) is 12.0 Å². The van der Waals surface area contributed by atoms with Gasteiger partial charge in [-0.15, -0.1) is 0 Å². The van der Waals surface area contributed by atoms with Gasteiger partial charge in [0.05, 0.1) is 5.60 Å². The van der Waals surface area contributed by atoms with Crippen LogP contribution in [0.2, 0.25) is 5.02 Å². The number of benzene rings is 1. The fourth-order valence-electron chi connectivity index (χ4n) is 3.08. The molecular formula is C18H28ClNO. The van der Waals surface area contributed by atoms with Crippen molar-refractivity contribution >= 4 is 11.6 Å². The highest BCUT2D eigenvalue weighted by Gasteiger charge is 2.36. The van der Waals surface area contributed by atoms with Crippen LogP contribution in [0.25, 0.3) is 0 Å². The molecule has 2 nitrogen and oxygen atoms in total. The van der Waals surface area contributed by atoms with Crippen molar-refractivity contribution < 1.29 is 5.11 Å². The van der Waals surface area contributed by atoms with Gasteiger partial charge in [-0.05, 0) is 55.2 Å². The standard InChI is InChI=1S/C18H28ClNO/c1-4-16(14-5-7-15(19)8-6-14)20-13-18(21)11-9-17(2,3)10-12-18/h5-8,16,20-21H,4,9-13H2,1-3H3. The lowest BCUT2D eigenvalue weighted by Gasteiger charge is -2.41. The third kappa shape index (κ3) is 4.70. The second-order valence-electron chi connectivity index (χ2n) is 7.28. The largest absolute Gasteiger partial charge is 0.389 e. The fourth-order valence-corrected chi connectivity index (χ4v) is 3.20. The number of nitrogens with one attached hydrogen (secondary N) is 1. The zero-order valence-electron chi connectivity index (χ0n) is 13.5. The molecule has 1 fully saturated rings. The molecule has 0 spiro atoms. The van der Waals surface area contributed by atoms with Gasteiger partial charge in [-0.1, -0.05) is 44.5 Å². The molecule has 0 aromatic heterocycles. The predicted octanol–water partition coefficient (Wildman–Crippen LogP) is 4.71. The molecule has 118 valence electrons. The normalized spacial score (nSPS) is 22.0. The van der Waals surface area contributed by atoms with Gasteiger partial charge in [0.2, 0.25) is 0 Å². The second-order valence-corrected chi connectivity index (χ2v) is 7.72. The first-order valence-electron chi connectivity index (χ1n) is 8.05. The summed E-state index contributed by atoms with van der Waals surface area (Å²) in [6, 6.07) is 8.27. The van der Waals surface area contributed by atoms with E-state index >= 15 is 0 Å². The fraction of sp³-hybridized carbons (Fsp3) is 0.667. The Kier molecular flexibility index (Phi) is 5.34. The van der Waals surface area contributed by atoms with Crippen molar-refractivity contribution in [3.8, 4) is 0 Å². The van der Waals surface area contributed by atoms with E-state index < -0.39 is 5.60 Å². The first-order valence-corrected chi connectivity index (χ1v) is 8.43. The Morgan fingerprint density at radius 1 is 1.14 bits per heavy atom. The van der Waals surface area contributed by atoms with Crippen LogP contribution in [-0.2, 0) is 0 Å². The van der Waals surface area contributed by atoms with E-state index in [9.17, 15) is 5.11 Å². The number of hydrogen-bond acceptors (Lipinski definition) is 2. The van der Waals surface area contributed by atoms with Gasteiger partial charge in [0.1, 0.15) is 0 Å². The molecule has 1 unspecified atom stereocenters. The van der Waals surface area contributed by atoms with E-state index in [1.165, 1.54) is 5.56 Å². The Bertz CT molecular complexity index is 445. The summed E-state index contributed by atoms with van der Waals surface area (Å²) in [5, 5.41) is 15.1. The molecule has 3 heteroatoms. The highest BCUT2D eigenvalue weighted by molar-refractivity contribution is 6.30. The van der Waals surface area contributed by atoms with Crippen LogP contribution in [0.15, 0.2) is 24.3 Å². The van der Waals surface area contributed by atoms with E-state index in [1.807, 2.05) is 12.1 Å². The maximum Gasteiger partial charge on any atom is 0.0772 e. The molecule has 0 radical (unpaired) electrons. The van der Waals surface area contributed by atoms with Crippen LogP contribution in [0.3, 0.4) is 0 Å². The van der Waals surface area contributed by atoms with Crippen LogP contribution < -0.4 is 5.32 Å². The number of halogens is 1. The Hall–Kier alpha value is -0.570. The molecule has 1 atom stereocenters.